The highest BCUT2D eigenvalue weighted by Gasteiger charge is 2.23. The summed E-state index contributed by atoms with van der Waals surface area (Å²) in [6.07, 6.45) is 2.08. The first-order chi connectivity index (χ1) is 10.6. The van der Waals surface area contributed by atoms with Gasteiger partial charge < -0.3 is 19.1 Å². The minimum Gasteiger partial charge on any atom is -0.383 e. The van der Waals surface area contributed by atoms with Gasteiger partial charge in [0.1, 0.15) is 0 Å². The van der Waals surface area contributed by atoms with Crippen LogP contribution in [-0.4, -0.2) is 95.4 Å². The molecule has 0 aromatic carbocycles. The van der Waals surface area contributed by atoms with Gasteiger partial charge in [0.05, 0.1) is 19.8 Å². The van der Waals surface area contributed by atoms with Gasteiger partial charge in [-0.25, -0.2) is 4.39 Å². The third-order valence-corrected chi connectivity index (χ3v) is 3.94. The Kier molecular flexibility index (Phi) is 10.2. The number of hydrogen-bond acceptors (Lipinski definition) is 5. The summed E-state index contributed by atoms with van der Waals surface area (Å²) < 4.78 is 29.1. The van der Waals surface area contributed by atoms with E-state index in [4.69, 9.17) is 14.2 Å². The lowest BCUT2D eigenvalue weighted by molar-refractivity contribution is -0.0224. The van der Waals surface area contributed by atoms with E-state index in [2.05, 4.69) is 9.80 Å². The summed E-state index contributed by atoms with van der Waals surface area (Å²) in [6, 6.07) is 0. The first kappa shape index (κ1) is 19.8. The summed E-state index contributed by atoms with van der Waals surface area (Å²) in [7, 11) is 3.26. The van der Waals surface area contributed by atoms with Crippen molar-refractivity contribution in [2.24, 2.45) is 0 Å². The van der Waals surface area contributed by atoms with E-state index in [-0.39, 0.29) is 13.2 Å². The lowest BCUT2D eigenvalue weighted by Crippen LogP contribution is -2.47. The second-order valence-electron chi connectivity index (χ2n) is 6.28. The van der Waals surface area contributed by atoms with Crippen molar-refractivity contribution in [3.05, 3.63) is 0 Å². The van der Waals surface area contributed by atoms with Crippen molar-refractivity contribution < 1.29 is 18.6 Å². The Morgan fingerprint density at radius 2 is 1.50 bits per heavy atom. The van der Waals surface area contributed by atoms with Crippen LogP contribution in [0.15, 0.2) is 0 Å². The molecule has 0 aliphatic carbocycles. The third-order valence-electron chi connectivity index (χ3n) is 3.94. The van der Waals surface area contributed by atoms with Gasteiger partial charge in [-0.3, -0.25) is 4.90 Å². The van der Waals surface area contributed by atoms with E-state index in [1.54, 1.807) is 7.11 Å². The highest BCUT2D eigenvalue weighted by molar-refractivity contribution is 4.72. The molecule has 0 aromatic rings. The lowest BCUT2D eigenvalue weighted by Gasteiger charge is -2.34. The topological polar surface area (TPSA) is 34.2 Å². The molecule has 1 aliphatic heterocycles. The van der Waals surface area contributed by atoms with Crippen molar-refractivity contribution in [1.29, 1.82) is 0 Å². The van der Waals surface area contributed by atoms with E-state index >= 15 is 0 Å². The summed E-state index contributed by atoms with van der Waals surface area (Å²) in [5, 5.41) is 0. The molecule has 0 saturated carbocycles. The van der Waals surface area contributed by atoms with Gasteiger partial charge in [-0.1, -0.05) is 0 Å². The number of nitrogens with zero attached hydrogens (tertiary/aromatic N) is 2. The Morgan fingerprint density at radius 3 is 2.09 bits per heavy atom. The third kappa shape index (κ3) is 9.00. The summed E-state index contributed by atoms with van der Waals surface area (Å²) >= 11 is 0. The van der Waals surface area contributed by atoms with Gasteiger partial charge in [-0.05, 0) is 26.3 Å². The van der Waals surface area contributed by atoms with Gasteiger partial charge in [0, 0.05) is 53.6 Å². The maximum atomic E-state index is 13.7. The van der Waals surface area contributed by atoms with Gasteiger partial charge in [0.25, 0.3) is 0 Å². The predicted molar refractivity (Wildman–Crippen MR) is 86.2 cm³/mol. The zero-order chi connectivity index (χ0) is 16.3. The average molecular weight is 320 g/mol. The highest BCUT2D eigenvalue weighted by atomic mass is 19.1. The van der Waals surface area contributed by atoms with Crippen LogP contribution in [0.1, 0.15) is 19.8 Å². The molecular weight excluding hydrogens is 287 g/mol. The summed E-state index contributed by atoms with van der Waals surface area (Å²) in [6.45, 7) is 9.77. The first-order valence-corrected chi connectivity index (χ1v) is 8.26. The maximum Gasteiger partial charge on any atom is 0.154 e. The molecule has 1 rings (SSSR count). The van der Waals surface area contributed by atoms with Gasteiger partial charge in [-0.15, -0.1) is 0 Å². The summed E-state index contributed by atoms with van der Waals surface area (Å²) in [5.41, 5.74) is -1.38. The molecule has 0 amide bonds. The zero-order valence-electron chi connectivity index (χ0n) is 14.5. The highest BCUT2D eigenvalue weighted by Crippen LogP contribution is 2.11. The minimum absolute atomic E-state index is 0.0837. The fourth-order valence-electron chi connectivity index (χ4n) is 2.62. The smallest absolute Gasteiger partial charge is 0.154 e. The molecule has 1 heterocycles. The average Bonchev–Trinajstić information content (AvgIpc) is 2.49. The largest absolute Gasteiger partial charge is 0.383 e. The van der Waals surface area contributed by atoms with Crippen molar-refractivity contribution in [3.8, 4) is 0 Å². The Balaban J connectivity index is 1.95. The summed E-state index contributed by atoms with van der Waals surface area (Å²) in [4.78, 5) is 4.94. The number of halogens is 1. The van der Waals surface area contributed by atoms with Gasteiger partial charge in [0.15, 0.2) is 5.67 Å². The van der Waals surface area contributed by atoms with E-state index in [0.717, 1.165) is 58.7 Å². The van der Waals surface area contributed by atoms with Crippen molar-refractivity contribution in [2.45, 2.75) is 25.4 Å². The Morgan fingerprint density at radius 1 is 0.864 bits per heavy atom. The van der Waals surface area contributed by atoms with Gasteiger partial charge >= 0.3 is 0 Å². The number of methoxy groups -OCH3 is 2. The van der Waals surface area contributed by atoms with Crippen LogP contribution in [0.3, 0.4) is 0 Å². The van der Waals surface area contributed by atoms with Crippen molar-refractivity contribution in [1.82, 2.24) is 9.80 Å². The number of unbranched alkanes of at least 4 members (excludes halogenated alkanes) is 1. The van der Waals surface area contributed by atoms with Crippen molar-refractivity contribution >= 4 is 0 Å². The van der Waals surface area contributed by atoms with Crippen molar-refractivity contribution in [2.75, 3.05) is 79.9 Å². The minimum atomic E-state index is -1.38. The number of rotatable bonds is 12. The number of piperazine rings is 1. The number of ether oxygens (including phenoxy) is 3. The zero-order valence-corrected chi connectivity index (χ0v) is 14.5. The van der Waals surface area contributed by atoms with Crippen LogP contribution in [-0.2, 0) is 14.2 Å². The van der Waals surface area contributed by atoms with Crippen LogP contribution < -0.4 is 0 Å². The van der Waals surface area contributed by atoms with E-state index < -0.39 is 5.67 Å². The molecule has 0 spiro atoms. The van der Waals surface area contributed by atoms with E-state index in [0.29, 0.717) is 6.61 Å². The first-order valence-electron chi connectivity index (χ1n) is 8.26. The lowest BCUT2D eigenvalue weighted by atomic mass is 10.2. The van der Waals surface area contributed by atoms with Gasteiger partial charge in [0.2, 0.25) is 0 Å². The number of hydrogen-bond donors (Lipinski definition) is 0. The molecule has 1 fully saturated rings. The molecule has 1 saturated heterocycles. The fourth-order valence-corrected chi connectivity index (χ4v) is 2.62. The van der Waals surface area contributed by atoms with E-state index in [9.17, 15) is 4.39 Å². The maximum absolute atomic E-state index is 13.7. The van der Waals surface area contributed by atoms with Crippen molar-refractivity contribution in [3.63, 3.8) is 0 Å². The van der Waals surface area contributed by atoms with Crippen LogP contribution in [0.5, 0.6) is 0 Å². The standard InChI is InChI=1S/C16H33FN2O3/c1-16(17,14-21-3)15-22-12-5-4-6-18-7-9-19(10-8-18)11-13-20-2/h4-15H2,1-3H3. The predicted octanol–water partition coefficient (Wildman–Crippen LogP) is 1.42. The fraction of sp³-hybridized carbons (Fsp3) is 1.00. The molecule has 22 heavy (non-hydrogen) atoms. The quantitative estimate of drug-likeness (QED) is 0.508. The van der Waals surface area contributed by atoms with Crippen LogP contribution in [0.2, 0.25) is 0 Å². The Hall–Kier alpha value is -0.270. The molecule has 0 bridgehead atoms. The molecule has 1 atom stereocenters. The van der Waals surface area contributed by atoms with E-state index in [1.165, 1.54) is 14.0 Å². The molecule has 1 unspecified atom stereocenters. The molecule has 1 aliphatic rings. The van der Waals surface area contributed by atoms with E-state index in [1.807, 2.05) is 0 Å². The normalized spacial score (nSPS) is 20.2. The molecule has 132 valence electrons. The molecule has 0 aromatic heterocycles. The second kappa shape index (κ2) is 11.3. The molecule has 6 heteroatoms. The monoisotopic (exact) mass is 320 g/mol. The SMILES string of the molecule is COCCN1CCN(CCCCOCC(C)(F)COC)CC1. The van der Waals surface area contributed by atoms with Crippen LogP contribution >= 0.6 is 0 Å². The van der Waals surface area contributed by atoms with Crippen LogP contribution in [0.25, 0.3) is 0 Å². The molecule has 0 N–H and O–H groups in total. The Bertz CT molecular complexity index is 272. The van der Waals surface area contributed by atoms with Crippen LogP contribution in [0, 0.1) is 0 Å². The summed E-state index contributed by atoms with van der Waals surface area (Å²) in [5.74, 6) is 0. The second-order valence-corrected chi connectivity index (χ2v) is 6.28. The molecular formula is C16H33FN2O3. The van der Waals surface area contributed by atoms with Gasteiger partial charge in [-0.2, -0.15) is 0 Å². The number of alkyl halides is 1. The van der Waals surface area contributed by atoms with Crippen LogP contribution in [0.4, 0.5) is 4.39 Å². The Labute approximate surface area is 134 Å². The molecule has 0 radical (unpaired) electrons. The molecule has 5 nitrogen and oxygen atoms in total.